The molecule has 0 spiro atoms. The van der Waals surface area contributed by atoms with E-state index in [0.29, 0.717) is 37.3 Å². The second kappa shape index (κ2) is 9.21. The molecule has 2 aromatic rings. The number of hydrogen-bond acceptors (Lipinski definition) is 7. The summed E-state index contributed by atoms with van der Waals surface area (Å²) in [4.78, 5) is 14.5. The molecule has 158 valence electrons. The first-order valence-electron chi connectivity index (χ1n) is 9.44. The molecular formula is C20H23N5O4S. The zero-order valence-electron chi connectivity index (χ0n) is 16.6. The van der Waals surface area contributed by atoms with Crippen LogP contribution in [-0.4, -0.2) is 62.4 Å². The van der Waals surface area contributed by atoms with E-state index in [1.54, 1.807) is 43.4 Å². The summed E-state index contributed by atoms with van der Waals surface area (Å²) in [6, 6.07) is 15.2. The van der Waals surface area contributed by atoms with Gasteiger partial charge in [-0.1, -0.05) is 18.2 Å². The average molecular weight is 430 g/mol. The minimum absolute atomic E-state index is 0.0576. The van der Waals surface area contributed by atoms with Crippen LogP contribution in [0.5, 0.6) is 0 Å². The van der Waals surface area contributed by atoms with Crippen molar-refractivity contribution < 1.29 is 13.3 Å². The summed E-state index contributed by atoms with van der Waals surface area (Å²) in [5.41, 5.74) is 1.83. The highest BCUT2D eigenvalue weighted by molar-refractivity contribution is 7.88. The van der Waals surface area contributed by atoms with Crippen molar-refractivity contribution in [1.82, 2.24) is 9.21 Å². The van der Waals surface area contributed by atoms with Gasteiger partial charge in [0.2, 0.25) is 10.0 Å². The molecule has 0 N–H and O–H groups in total. The molecule has 0 aromatic heterocycles. The number of nitro benzene ring substituents is 1. The summed E-state index contributed by atoms with van der Waals surface area (Å²) in [7, 11) is -2.01. The molecule has 1 fully saturated rings. The Bertz CT molecular complexity index is 1040. The third kappa shape index (κ3) is 5.13. The van der Waals surface area contributed by atoms with Gasteiger partial charge in [0, 0.05) is 51.0 Å². The van der Waals surface area contributed by atoms with Gasteiger partial charge in [0.25, 0.3) is 5.69 Å². The number of non-ortho nitro benzene ring substituents is 1. The van der Waals surface area contributed by atoms with Gasteiger partial charge >= 0.3 is 0 Å². The first-order chi connectivity index (χ1) is 14.3. The number of rotatable bonds is 7. The standard InChI is InChI=1S/C20H23N5O4S/c1-22(30(28,29)15-18-5-3-2-4-17(18)14-21)16-23-10-12-24(13-11-23)19-6-8-20(9-7-19)25(26)27/h2-9H,10-13,15-16H2,1H3. The van der Waals surface area contributed by atoms with Crippen LogP contribution in [0, 0.1) is 21.4 Å². The van der Waals surface area contributed by atoms with Gasteiger partial charge in [-0.15, -0.1) is 0 Å². The van der Waals surface area contributed by atoms with E-state index in [1.165, 1.54) is 16.4 Å². The van der Waals surface area contributed by atoms with Crippen LogP contribution < -0.4 is 4.90 Å². The van der Waals surface area contributed by atoms with Crippen molar-refractivity contribution in [2.24, 2.45) is 0 Å². The number of hydrogen-bond donors (Lipinski definition) is 0. The van der Waals surface area contributed by atoms with Crippen LogP contribution in [0.4, 0.5) is 11.4 Å². The highest BCUT2D eigenvalue weighted by atomic mass is 32.2. The topological polar surface area (TPSA) is 111 Å². The predicted molar refractivity (Wildman–Crippen MR) is 113 cm³/mol. The van der Waals surface area contributed by atoms with Crippen LogP contribution >= 0.6 is 0 Å². The van der Waals surface area contributed by atoms with Gasteiger partial charge in [-0.05, 0) is 23.8 Å². The van der Waals surface area contributed by atoms with Crippen LogP contribution in [-0.2, 0) is 15.8 Å². The van der Waals surface area contributed by atoms with Crippen molar-refractivity contribution in [1.29, 1.82) is 5.26 Å². The SMILES string of the molecule is CN(CN1CCN(c2ccc([N+](=O)[O-])cc2)CC1)S(=O)(=O)Cc1ccccc1C#N. The molecule has 3 rings (SSSR count). The molecule has 1 aliphatic heterocycles. The van der Waals surface area contributed by atoms with Crippen molar-refractivity contribution in [2.75, 3.05) is 44.8 Å². The fourth-order valence-electron chi connectivity index (χ4n) is 3.36. The summed E-state index contributed by atoms with van der Waals surface area (Å²) in [6.45, 7) is 3.01. The number of piperazine rings is 1. The Morgan fingerprint density at radius 1 is 1.10 bits per heavy atom. The smallest absolute Gasteiger partial charge is 0.269 e. The maximum atomic E-state index is 12.7. The molecule has 1 aliphatic rings. The first kappa shape index (κ1) is 21.7. The highest BCUT2D eigenvalue weighted by Gasteiger charge is 2.25. The van der Waals surface area contributed by atoms with Gasteiger partial charge in [0.05, 0.1) is 29.0 Å². The van der Waals surface area contributed by atoms with E-state index in [0.717, 1.165) is 5.69 Å². The lowest BCUT2D eigenvalue weighted by Crippen LogP contribution is -2.50. The van der Waals surface area contributed by atoms with Gasteiger partial charge < -0.3 is 4.90 Å². The van der Waals surface area contributed by atoms with Gasteiger partial charge in [-0.3, -0.25) is 15.0 Å². The molecule has 0 saturated carbocycles. The maximum absolute atomic E-state index is 12.7. The number of nitriles is 1. The molecule has 0 radical (unpaired) electrons. The van der Waals surface area contributed by atoms with E-state index < -0.39 is 14.9 Å². The molecular weight excluding hydrogens is 406 g/mol. The Labute approximate surface area is 175 Å². The fourth-order valence-corrected chi connectivity index (χ4v) is 4.57. The fraction of sp³-hybridized carbons (Fsp3) is 0.350. The van der Waals surface area contributed by atoms with E-state index in [9.17, 15) is 23.8 Å². The minimum Gasteiger partial charge on any atom is -0.369 e. The second-order valence-electron chi connectivity index (χ2n) is 7.14. The summed E-state index contributed by atoms with van der Waals surface area (Å²) >= 11 is 0. The normalized spacial score (nSPS) is 15.2. The van der Waals surface area contributed by atoms with Gasteiger partial charge in [-0.2, -0.15) is 9.57 Å². The van der Waals surface area contributed by atoms with Crippen LogP contribution in [0.1, 0.15) is 11.1 Å². The van der Waals surface area contributed by atoms with Gasteiger partial charge in [0.1, 0.15) is 0 Å². The Hall–Kier alpha value is -3.00. The molecule has 0 atom stereocenters. The molecule has 0 unspecified atom stereocenters. The maximum Gasteiger partial charge on any atom is 0.269 e. The molecule has 0 amide bonds. The van der Waals surface area contributed by atoms with Gasteiger partial charge in [0.15, 0.2) is 0 Å². The number of anilines is 1. The Morgan fingerprint density at radius 2 is 1.73 bits per heavy atom. The number of nitro groups is 1. The zero-order chi connectivity index (χ0) is 21.7. The van der Waals surface area contributed by atoms with E-state index in [1.807, 2.05) is 6.07 Å². The van der Waals surface area contributed by atoms with E-state index in [-0.39, 0.29) is 18.1 Å². The van der Waals surface area contributed by atoms with Crippen LogP contribution in [0.15, 0.2) is 48.5 Å². The summed E-state index contributed by atoms with van der Waals surface area (Å²) in [5, 5.41) is 20.0. The summed E-state index contributed by atoms with van der Waals surface area (Å²) < 4.78 is 26.8. The molecule has 30 heavy (non-hydrogen) atoms. The van der Waals surface area contributed by atoms with E-state index >= 15 is 0 Å². The quantitative estimate of drug-likeness (QED) is 0.489. The molecule has 1 saturated heterocycles. The third-order valence-corrected chi connectivity index (χ3v) is 6.89. The lowest BCUT2D eigenvalue weighted by Gasteiger charge is -2.37. The van der Waals surface area contributed by atoms with E-state index in [2.05, 4.69) is 9.80 Å². The highest BCUT2D eigenvalue weighted by Crippen LogP contribution is 2.21. The predicted octanol–water partition coefficient (Wildman–Crippen LogP) is 2.01. The Kier molecular flexibility index (Phi) is 6.66. The number of benzene rings is 2. The number of sulfonamides is 1. The molecule has 1 heterocycles. The van der Waals surface area contributed by atoms with Gasteiger partial charge in [-0.25, -0.2) is 8.42 Å². The van der Waals surface area contributed by atoms with Crippen molar-refractivity contribution in [3.8, 4) is 6.07 Å². The first-order valence-corrected chi connectivity index (χ1v) is 11.0. The van der Waals surface area contributed by atoms with Crippen molar-refractivity contribution in [2.45, 2.75) is 5.75 Å². The molecule has 10 heteroatoms. The van der Waals surface area contributed by atoms with Crippen molar-refractivity contribution in [3.05, 3.63) is 69.8 Å². The van der Waals surface area contributed by atoms with Crippen LogP contribution in [0.25, 0.3) is 0 Å². The molecule has 2 aromatic carbocycles. The summed E-state index contributed by atoms with van der Waals surface area (Å²) in [6.07, 6.45) is 0. The van der Waals surface area contributed by atoms with Crippen LogP contribution in [0.2, 0.25) is 0 Å². The Morgan fingerprint density at radius 3 is 2.33 bits per heavy atom. The van der Waals surface area contributed by atoms with Crippen molar-refractivity contribution >= 4 is 21.4 Å². The third-order valence-electron chi connectivity index (χ3n) is 5.15. The lowest BCUT2D eigenvalue weighted by molar-refractivity contribution is -0.384. The van der Waals surface area contributed by atoms with Crippen LogP contribution in [0.3, 0.4) is 0 Å². The lowest BCUT2D eigenvalue weighted by atomic mass is 10.1. The summed E-state index contributed by atoms with van der Waals surface area (Å²) in [5.74, 6) is -0.212. The number of nitrogens with zero attached hydrogens (tertiary/aromatic N) is 5. The average Bonchev–Trinajstić information content (AvgIpc) is 2.74. The minimum atomic E-state index is -3.56. The Balaban J connectivity index is 1.56. The molecule has 9 nitrogen and oxygen atoms in total. The molecule has 0 bridgehead atoms. The van der Waals surface area contributed by atoms with Crippen molar-refractivity contribution in [3.63, 3.8) is 0 Å². The monoisotopic (exact) mass is 429 g/mol. The largest absolute Gasteiger partial charge is 0.369 e. The van der Waals surface area contributed by atoms with E-state index in [4.69, 9.17) is 0 Å². The molecule has 0 aliphatic carbocycles. The second-order valence-corrected chi connectivity index (χ2v) is 9.22. The zero-order valence-corrected chi connectivity index (χ0v) is 17.5.